The van der Waals surface area contributed by atoms with Crippen LogP contribution in [0.25, 0.3) is 0 Å². The molecule has 2 amide bonds. The number of rotatable bonds is 4. The zero-order valence-corrected chi connectivity index (χ0v) is 22.7. The maximum atomic E-state index is 13.0. The first-order chi connectivity index (χ1) is 19.8. The molecule has 2 saturated heterocycles. The SMILES string of the molecule is O=C(NC1CCN(C2CCN(C(=O)c3cccc(C(F)(F)F)c3)CC2)CC1)c1ccc(C#Cc2ccccc2)cc1. The van der Waals surface area contributed by atoms with Gasteiger partial charge in [0.25, 0.3) is 11.8 Å². The lowest BCUT2D eigenvalue weighted by atomic mass is 9.97. The molecule has 2 aliphatic heterocycles. The molecule has 0 atom stereocenters. The van der Waals surface area contributed by atoms with Crippen molar-refractivity contribution in [3.8, 4) is 11.8 Å². The van der Waals surface area contributed by atoms with E-state index >= 15 is 0 Å². The highest BCUT2D eigenvalue weighted by atomic mass is 19.4. The molecule has 5 rings (SSSR count). The second-order valence-corrected chi connectivity index (χ2v) is 10.6. The van der Waals surface area contributed by atoms with E-state index in [-0.39, 0.29) is 23.4 Å². The van der Waals surface area contributed by atoms with Crippen molar-refractivity contribution in [1.82, 2.24) is 15.1 Å². The quantitative estimate of drug-likeness (QED) is 0.424. The standard InChI is InChI=1S/C33H32F3N3O2/c34-33(35,36)28-8-4-7-27(23-28)32(41)39-21-17-30(18-22-39)38-19-15-29(16-20-38)37-31(40)26-13-11-25(12-14-26)10-9-24-5-2-1-3-6-24/h1-8,11-14,23,29-30H,15-22H2,(H,37,40). The molecule has 8 heteroatoms. The van der Waals surface area contributed by atoms with E-state index in [2.05, 4.69) is 22.1 Å². The monoisotopic (exact) mass is 559 g/mol. The van der Waals surface area contributed by atoms with Crippen molar-refractivity contribution >= 4 is 11.8 Å². The minimum Gasteiger partial charge on any atom is -0.349 e. The molecule has 1 N–H and O–H groups in total. The highest BCUT2D eigenvalue weighted by Crippen LogP contribution is 2.30. The maximum Gasteiger partial charge on any atom is 0.416 e. The number of halogens is 3. The fraction of sp³-hybridized carbons (Fsp3) is 0.333. The molecule has 0 aliphatic carbocycles. The topological polar surface area (TPSA) is 52.7 Å². The van der Waals surface area contributed by atoms with Gasteiger partial charge in [-0.25, -0.2) is 0 Å². The van der Waals surface area contributed by atoms with Crippen LogP contribution in [0.1, 0.15) is 63.1 Å². The van der Waals surface area contributed by atoms with E-state index in [9.17, 15) is 22.8 Å². The van der Waals surface area contributed by atoms with E-state index in [0.717, 1.165) is 62.0 Å². The number of nitrogens with one attached hydrogen (secondary N) is 1. The van der Waals surface area contributed by atoms with Gasteiger partial charge in [-0.05, 0) is 80.3 Å². The van der Waals surface area contributed by atoms with E-state index in [4.69, 9.17) is 0 Å². The van der Waals surface area contributed by atoms with E-state index in [0.29, 0.717) is 24.7 Å². The van der Waals surface area contributed by atoms with Crippen LogP contribution in [-0.2, 0) is 6.18 Å². The fourth-order valence-corrected chi connectivity index (χ4v) is 5.49. The maximum absolute atomic E-state index is 13.0. The summed E-state index contributed by atoms with van der Waals surface area (Å²) in [5.41, 5.74) is 1.66. The second-order valence-electron chi connectivity index (χ2n) is 10.6. The van der Waals surface area contributed by atoms with E-state index in [1.807, 2.05) is 42.5 Å². The van der Waals surface area contributed by atoms with Crippen LogP contribution in [0.15, 0.2) is 78.9 Å². The molecule has 5 nitrogen and oxygen atoms in total. The van der Waals surface area contributed by atoms with Gasteiger partial charge in [0.05, 0.1) is 5.56 Å². The molecule has 0 saturated carbocycles. The minimum atomic E-state index is -4.47. The predicted octanol–water partition coefficient (Wildman–Crippen LogP) is 5.60. The Morgan fingerprint density at radius 1 is 0.732 bits per heavy atom. The third-order valence-electron chi connectivity index (χ3n) is 7.84. The lowest BCUT2D eigenvalue weighted by molar-refractivity contribution is -0.137. The zero-order chi connectivity index (χ0) is 28.8. The average molecular weight is 560 g/mol. The summed E-state index contributed by atoms with van der Waals surface area (Å²) in [5, 5.41) is 3.16. The number of benzene rings is 3. The van der Waals surface area contributed by atoms with Crippen LogP contribution in [0, 0.1) is 11.8 Å². The number of carbonyl (C=O) groups is 2. The van der Waals surface area contributed by atoms with E-state index in [1.54, 1.807) is 17.0 Å². The molecule has 3 aromatic rings. The summed E-state index contributed by atoms with van der Waals surface area (Å²) in [6.07, 6.45) is -1.23. The van der Waals surface area contributed by atoms with Crippen LogP contribution in [0.2, 0.25) is 0 Å². The Bertz CT molecular complexity index is 1410. The second kappa shape index (κ2) is 12.6. The van der Waals surface area contributed by atoms with Gasteiger partial charge in [0.15, 0.2) is 0 Å². The summed E-state index contributed by atoms with van der Waals surface area (Å²) in [5.74, 6) is 5.79. The molecule has 0 unspecified atom stereocenters. The zero-order valence-electron chi connectivity index (χ0n) is 22.7. The molecule has 2 fully saturated rings. The van der Waals surface area contributed by atoms with Crippen molar-refractivity contribution in [2.24, 2.45) is 0 Å². The third-order valence-corrected chi connectivity index (χ3v) is 7.84. The third kappa shape index (κ3) is 7.36. The number of amides is 2. The molecule has 41 heavy (non-hydrogen) atoms. The van der Waals surface area contributed by atoms with Crippen molar-refractivity contribution in [1.29, 1.82) is 0 Å². The van der Waals surface area contributed by atoms with Gasteiger partial charge in [0.2, 0.25) is 0 Å². The van der Waals surface area contributed by atoms with Crippen LogP contribution in [0.4, 0.5) is 13.2 Å². The van der Waals surface area contributed by atoms with Gasteiger partial charge in [0, 0.05) is 60.5 Å². The van der Waals surface area contributed by atoms with Crippen LogP contribution in [-0.4, -0.2) is 59.9 Å². The lowest BCUT2D eigenvalue weighted by Gasteiger charge is -2.42. The Hall–Kier alpha value is -4.09. The summed E-state index contributed by atoms with van der Waals surface area (Å²) >= 11 is 0. The molecule has 0 aromatic heterocycles. The number of carbonyl (C=O) groups excluding carboxylic acids is 2. The Kier molecular flexibility index (Phi) is 8.75. The molecule has 3 aromatic carbocycles. The van der Waals surface area contributed by atoms with Gasteiger partial charge in [-0.1, -0.05) is 36.1 Å². The largest absolute Gasteiger partial charge is 0.416 e. The molecule has 0 spiro atoms. The molecule has 212 valence electrons. The van der Waals surface area contributed by atoms with Gasteiger partial charge in [-0.15, -0.1) is 0 Å². The smallest absolute Gasteiger partial charge is 0.349 e. The molecular weight excluding hydrogens is 527 g/mol. The first-order valence-electron chi connectivity index (χ1n) is 13.9. The van der Waals surface area contributed by atoms with Gasteiger partial charge in [0.1, 0.15) is 0 Å². The number of likely N-dealkylation sites (tertiary alicyclic amines) is 2. The summed E-state index contributed by atoms with van der Waals surface area (Å²) in [7, 11) is 0. The van der Waals surface area contributed by atoms with Crippen LogP contribution >= 0.6 is 0 Å². The molecule has 2 heterocycles. The Morgan fingerprint density at radius 2 is 1.37 bits per heavy atom. The van der Waals surface area contributed by atoms with Crippen LogP contribution in [0.5, 0.6) is 0 Å². The number of piperidine rings is 2. The van der Waals surface area contributed by atoms with Gasteiger partial charge < -0.3 is 15.1 Å². The molecule has 0 radical (unpaired) electrons. The highest BCUT2D eigenvalue weighted by Gasteiger charge is 2.33. The van der Waals surface area contributed by atoms with Crippen molar-refractivity contribution < 1.29 is 22.8 Å². The first kappa shape index (κ1) is 28.4. The fourth-order valence-electron chi connectivity index (χ4n) is 5.49. The van der Waals surface area contributed by atoms with Crippen molar-refractivity contribution in [2.75, 3.05) is 26.2 Å². The molecular formula is C33H32F3N3O2. The van der Waals surface area contributed by atoms with Crippen LogP contribution in [0.3, 0.4) is 0 Å². The predicted molar refractivity (Wildman–Crippen MR) is 151 cm³/mol. The van der Waals surface area contributed by atoms with Crippen molar-refractivity contribution in [2.45, 2.75) is 43.9 Å². The van der Waals surface area contributed by atoms with E-state index < -0.39 is 11.7 Å². The Morgan fingerprint density at radius 3 is 2.00 bits per heavy atom. The van der Waals surface area contributed by atoms with Crippen molar-refractivity contribution in [3.63, 3.8) is 0 Å². The van der Waals surface area contributed by atoms with Gasteiger partial charge in [-0.2, -0.15) is 13.2 Å². The Labute approximate surface area is 238 Å². The number of nitrogens with zero attached hydrogens (tertiary/aromatic N) is 2. The Balaban J connectivity index is 1.06. The summed E-state index contributed by atoms with van der Waals surface area (Å²) < 4.78 is 39.1. The number of alkyl halides is 3. The highest BCUT2D eigenvalue weighted by molar-refractivity contribution is 5.95. The lowest BCUT2D eigenvalue weighted by Crippen LogP contribution is -2.51. The molecule has 0 bridgehead atoms. The van der Waals surface area contributed by atoms with Crippen LogP contribution < -0.4 is 5.32 Å². The summed E-state index contributed by atoms with van der Waals surface area (Å²) in [4.78, 5) is 29.7. The van der Waals surface area contributed by atoms with Gasteiger partial charge in [-0.3, -0.25) is 9.59 Å². The summed E-state index contributed by atoms with van der Waals surface area (Å²) in [6, 6.07) is 22.1. The first-order valence-corrected chi connectivity index (χ1v) is 13.9. The minimum absolute atomic E-state index is 0.0737. The molecule has 2 aliphatic rings. The number of hydrogen-bond acceptors (Lipinski definition) is 3. The van der Waals surface area contributed by atoms with E-state index in [1.165, 1.54) is 12.1 Å². The number of hydrogen-bond donors (Lipinski definition) is 1. The summed E-state index contributed by atoms with van der Waals surface area (Å²) in [6.45, 7) is 2.74. The average Bonchev–Trinajstić information content (AvgIpc) is 3.00. The normalized spacial score (nSPS) is 17.0. The van der Waals surface area contributed by atoms with Gasteiger partial charge >= 0.3 is 6.18 Å². The van der Waals surface area contributed by atoms with Crippen molar-refractivity contribution in [3.05, 3.63) is 107 Å².